The molecule has 0 amide bonds. The Kier molecular flexibility index (Phi) is 5.23. The summed E-state index contributed by atoms with van der Waals surface area (Å²) in [5.74, 6) is 1.53. The second-order valence-corrected chi connectivity index (χ2v) is 11.6. The Balaban J connectivity index is 1.11. The lowest BCUT2D eigenvalue weighted by molar-refractivity contribution is -0.210. The van der Waals surface area contributed by atoms with E-state index in [0.29, 0.717) is 18.3 Å². The zero-order chi connectivity index (χ0) is 22.0. The molecule has 0 radical (unpaired) electrons. The van der Waals surface area contributed by atoms with E-state index in [1.807, 2.05) is 20.8 Å². The van der Waals surface area contributed by atoms with Crippen molar-refractivity contribution in [3.05, 3.63) is 0 Å². The molecule has 6 bridgehead atoms. The monoisotopic (exact) mass is 432 g/mol. The molecule has 6 atom stereocenters. The summed E-state index contributed by atoms with van der Waals surface area (Å²) in [7, 11) is 0. The number of ether oxygens (including phenoxy) is 3. The fourth-order valence-electron chi connectivity index (χ4n) is 7.29. The summed E-state index contributed by atoms with van der Waals surface area (Å²) >= 11 is 0. The van der Waals surface area contributed by atoms with Gasteiger partial charge in [-0.1, -0.05) is 6.92 Å². The van der Waals surface area contributed by atoms with Crippen molar-refractivity contribution in [2.24, 2.45) is 40.9 Å². The lowest BCUT2D eigenvalue weighted by Gasteiger charge is -2.54. The smallest absolute Gasteiger partial charge is 0.311 e. The minimum atomic E-state index is -0.699. The van der Waals surface area contributed by atoms with E-state index >= 15 is 0 Å². The Morgan fingerprint density at radius 3 is 2.32 bits per heavy atom. The highest BCUT2D eigenvalue weighted by atomic mass is 16.7. The van der Waals surface area contributed by atoms with E-state index in [1.165, 1.54) is 6.42 Å². The Labute approximate surface area is 184 Å². The van der Waals surface area contributed by atoms with Gasteiger partial charge in [-0.15, -0.1) is 0 Å². The second kappa shape index (κ2) is 7.57. The van der Waals surface area contributed by atoms with E-state index in [4.69, 9.17) is 14.2 Å². The molecule has 6 unspecified atom stereocenters. The molecule has 0 N–H and O–H groups in total. The van der Waals surface area contributed by atoms with Gasteiger partial charge in [0.1, 0.15) is 11.7 Å². The average Bonchev–Trinajstić information content (AvgIpc) is 3.31. The minimum Gasteiger partial charge on any atom is -0.462 e. The van der Waals surface area contributed by atoms with Crippen LogP contribution in [0.3, 0.4) is 0 Å². The van der Waals surface area contributed by atoms with E-state index in [2.05, 4.69) is 0 Å². The summed E-state index contributed by atoms with van der Waals surface area (Å²) in [6, 6.07) is 0. The largest absolute Gasteiger partial charge is 0.462 e. The van der Waals surface area contributed by atoms with Gasteiger partial charge in [0.25, 0.3) is 0 Å². The summed E-state index contributed by atoms with van der Waals surface area (Å²) in [6.07, 6.45) is 7.90. The molecule has 6 heteroatoms. The first kappa shape index (κ1) is 21.4. The van der Waals surface area contributed by atoms with Crippen LogP contribution in [0.2, 0.25) is 0 Å². The Morgan fingerprint density at radius 1 is 1.00 bits per heavy atom. The highest BCUT2D eigenvalue weighted by Gasteiger charge is 2.58. The maximum Gasteiger partial charge on any atom is 0.311 e. The van der Waals surface area contributed by atoms with Gasteiger partial charge in [0, 0.05) is 5.92 Å². The molecule has 6 nitrogen and oxygen atoms in total. The van der Waals surface area contributed by atoms with Crippen LogP contribution in [0.25, 0.3) is 0 Å². The maximum atomic E-state index is 12.8. The van der Waals surface area contributed by atoms with E-state index in [9.17, 15) is 14.4 Å². The van der Waals surface area contributed by atoms with Gasteiger partial charge in [-0.05, 0) is 95.3 Å². The number of ketones is 1. The van der Waals surface area contributed by atoms with Crippen LogP contribution in [0, 0.1) is 40.9 Å². The highest BCUT2D eigenvalue weighted by molar-refractivity contribution is 5.91. The molecule has 0 aromatic rings. The first-order chi connectivity index (χ1) is 14.7. The average molecular weight is 433 g/mol. The summed E-state index contributed by atoms with van der Waals surface area (Å²) in [5, 5.41) is 0. The third-order valence-corrected chi connectivity index (χ3v) is 9.29. The van der Waals surface area contributed by atoms with Gasteiger partial charge >= 0.3 is 11.9 Å². The second-order valence-electron chi connectivity index (χ2n) is 11.6. The van der Waals surface area contributed by atoms with Gasteiger partial charge in [0.15, 0.2) is 12.6 Å². The van der Waals surface area contributed by atoms with Crippen molar-refractivity contribution in [3.63, 3.8) is 0 Å². The van der Waals surface area contributed by atoms with Crippen molar-refractivity contribution in [2.75, 3.05) is 6.79 Å². The van der Waals surface area contributed by atoms with Crippen LogP contribution in [-0.4, -0.2) is 36.2 Å². The van der Waals surface area contributed by atoms with Crippen LogP contribution in [0.5, 0.6) is 0 Å². The van der Waals surface area contributed by atoms with Crippen molar-refractivity contribution >= 4 is 17.7 Å². The number of rotatable bonds is 7. The SMILES string of the molecule is CCC(C)(C)C(=O)OC1CC2CC1CC2C(=O)OCOC12CC3CC(CC(C3)C1=O)C2. The summed E-state index contributed by atoms with van der Waals surface area (Å²) in [5.41, 5.74) is -1.17. The first-order valence-corrected chi connectivity index (χ1v) is 12.3. The van der Waals surface area contributed by atoms with E-state index in [0.717, 1.165) is 44.9 Å². The Bertz CT molecular complexity index is 758. The summed E-state index contributed by atoms with van der Waals surface area (Å²) in [4.78, 5) is 38.0. The van der Waals surface area contributed by atoms with Gasteiger partial charge in [0.2, 0.25) is 0 Å². The van der Waals surface area contributed by atoms with Crippen molar-refractivity contribution < 1.29 is 28.6 Å². The number of Topliss-reactive ketones (excluding diaryl/α,β-unsaturated/α-hetero) is 1. The summed E-state index contributed by atoms with van der Waals surface area (Å²) in [6.45, 7) is 5.70. The lowest BCUT2D eigenvalue weighted by atomic mass is 9.53. The van der Waals surface area contributed by atoms with Crippen molar-refractivity contribution in [3.8, 4) is 0 Å². The number of fused-ring (bicyclic) bond motifs is 2. The molecule has 0 aromatic carbocycles. The van der Waals surface area contributed by atoms with Gasteiger partial charge < -0.3 is 14.2 Å². The molecule has 0 spiro atoms. The molecule has 6 fully saturated rings. The van der Waals surface area contributed by atoms with Gasteiger partial charge in [0.05, 0.1) is 11.3 Å². The lowest BCUT2D eigenvalue weighted by Crippen LogP contribution is -2.59. The van der Waals surface area contributed by atoms with Crippen LogP contribution >= 0.6 is 0 Å². The first-order valence-electron chi connectivity index (χ1n) is 12.3. The number of hydrogen-bond acceptors (Lipinski definition) is 6. The van der Waals surface area contributed by atoms with Gasteiger partial charge in [-0.2, -0.15) is 0 Å². The molecule has 0 heterocycles. The topological polar surface area (TPSA) is 78.9 Å². The van der Waals surface area contributed by atoms with E-state index in [1.54, 1.807) is 0 Å². The number of carbonyl (C=O) groups is 3. The van der Waals surface area contributed by atoms with Crippen LogP contribution in [0.15, 0.2) is 0 Å². The van der Waals surface area contributed by atoms with Crippen molar-refractivity contribution in [1.82, 2.24) is 0 Å². The molecular weight excluding hydrogens is 396 g/mol. The predicted molar refractivity (Wildman–Crippen MR) is 112 cm³/mol. The highest BCUT2D eigenvalue weighted by Crippen LogP contribution is 2.55. The molecular formula is C25H36O6. The summed E-state index contributed by atoms with van der Waals surface area (Å²) < 4.78 is 17.4. The molecule has 6 rings (SSSR count). The van der Waals surface area contributed by atoms with Crippen LogP contribution < -0.4 is 0 Å². The molecule has 31 heavy (non-hydrogen) atoms. The van der Waals surface area contributed by atoms with E-state index in [-0.39, 0.29) is 54.3 Å². The van der Waals surface area contributed by atoms with Crippen molar-refractivity contribution in [1.29, 1.82) is 0 Å². The fourth-order valence-corrected chi connectivity index (χ4v) is 7.29. The van der Waals surface area contributed by atoms with Gasteiger partial charge in [-0.25, -0.2) is 0 Å². The molecule has 0 aromatic heterocycles. The Hall–Kier alpha value is -1.43. The third-order valence-electron chi connectivity index (χ3n) is 9.29. The Morgan fingerprint density at radius 2 is 1.71 bits per heavy atom. The van der Waals surface area contributed by atoms with Crippen LogP contribution in [-0.2, 0) is 28.6 Å². The zero-order valence-electron chi connectivity index (χ0n) is 19.1. The zero-order valence-corrected chi connectivity index (χ0v) is 19.1. The molecule has 6 aliphatic carbocycles. The molecule has 6 saturated carbocycles. The molecule has 172 valence electrons. The number of carbonyl (C=O) groups excluding carboxylic acids is 3. The predicted octanol–water partition coefficient (Wildman–Crippen LogP) is 4.05. The standard InChI is InChI=1S/C25H36O6/c1-4-24(2,3)23(28)31-20-10-16-8-17(20)9-19(16)22(27)29-13-30-25-11-14-5-15(12-25)7-18(6-14)21(25)26/h14-20H,4-13H2,1-3H3. The number of hydrogen-bond donors (Lipinski definition) is 0. The normalized spacial score (nSPS) is 42.8. The molecule has 0 saturated heterocycles. The minimum absolute atomic E-state index is 0.0757. The molecule has 6 aliphatic rings. The number of esters is 2. The van der Waals surface area contributed by atoms with Gasteiger partial charge in [-0.3, -0.25) is 14.4 Å². The molecule has 0 aliphatic heterocycles. The quantitative estimate of drug-likeness (QED) is 0.446. The third kappa shape index (κ3) is 3.63. The maximum absolute atomic E-state index is 12.8. The fraction of sp³-hybridized carbons (Fsp3) is 0.880. The van der Waals surface area contributed by atoms with Crippen LogP contribution in [0.4, 0.5) is 0 Å². The van der Waals surface area contributed by atoms with Crippen molar-refractivity contribution in [2.45, 2.75) is 90.3 Å². The van der Waals surface area contributed by atoms with Crippen LogP contribution in [0.1, 0.15) is 78.6 Å². The van der Waals surface area contributed by atoms with E-state index < -0.39 is 11.0 Å².